The molecule has 0 bridgehead atoms. The van der Waals surface area contributed by atoms with Crippen LogP contribution in [-0.4, -0.2) is 10.6 Å². The standard InChI is InChI=1S/C18H19IN2/c1-13(20)10-15-4-7-18-16(11-15)8-9-21(18)12-14-2-5-17(19)6-3-14/h2-9,11,13H,10,12,20H2,1H3. The van der Waals surface area contributed by atoms with Gasteiger partial charge in [0.2, 0.25) is 0 Å². The van der Waals surface area contributed by atoms with Crippen molar-refractivity contribution in [1.29, 1.82) is 0 Å². The number of benzene rings is 2. The molecule has 21 heavy (non-hydrogen) atoms. The van der Waals surface area contributed by atoms with Gasteiger partial charge in [-0.25, -0.2) is 0 Å². The van der Waals surface area contributed by atoms with Crippen LogP contribution in [0.3, 0.4) is 0 Å². The lowest BCUT2D eigenvalue weighted by molar-refractivity contribution is 0.738. The van der Waals surface area contributed by atoms with Crippen LogP contribution in [0.4, 0.5) is 0 Å². The molecule has 0 amide bonds. The van der Waals surface area contributed by atoms with E-state index in [1.807, 2.05) is 6.92 Å². The lowest BCUT2D eigenvalue weighted by Gasteiger charge is -2.08. The Kier molecular flexibility index (Phi) is 4.31. The van der Waals surface area contributed by atoms with Gasteiger partial charge in [0.1, 0.15) is 0 Å². The molecule has 0 aliphatic carbocycles. The molecule has 2 aromatic carbocycles. The molecule has 0 aliphatic heterocycles. The number of nitrogens with zero attached hydrogens (tertiary/aromatic N) is 1. The van der Waals surface area contributed by atoms with Gasteiger partial charge in [-0.2, -0.15) is 0 Å². The molecular formula is C18H19IN2. The summed E-state index contributed by atoms with van der Waals surface area (Å²) in [4.78, 5) is 0. The quantitative estimate of drug-likeness (QED) is 0.666. The van der Waals surface area contributed by atoms with E-state index in [-0.39, 0.29) is 6.04 Å². The van der Waals surface area contributed by atoms with Crippen LogP contribution in [0.25, 0.3) is 10.9 Å². The van der Waals surface area contributed by atoms with Crippen LogP contribution >= 0.6 is 22.6 Å². The number of hydrogen-bond donors (Lipinski definition) is 1. The first-order valence-corrected chi connectivity index (χ1v) is 8.27. The molecular weight excluding hydrogens is 371 g/mol. The molecule has 0 fully saturated rings. The average Bonchev–Trinajstić information content (AvgIpc) is 2.83. The highest BCUT2D eigenvalue weighted by atomic mass is 127. The maximum atomic E-state index is 5.88. The first-order valence-electron chi connectivity index (χ1n) is 7.19. The first-order chi connectivity index (χ1) is 10.1. The molecule has 0 aliphatic rings. The van der Waals surface area contributed by atoms with Gasteiger partial charge < -0.3 is 10.3 Å². The molecule has 2 nitrogen and oxygen atoms in total. The fraction of sp³-hybridized carbons (Fsp3) is 0.222. The van der Waals surface area contributed by atoms with Crippen molar-refractivity contribution in [3.8, 4) is 0 Å². The Morgan fingerprint density at radius 2 is 1.76 bits per heavy atom. The molecule has 3 rings (SSSR count). The van der Waals surface area contributed by atoms with Crippen LogP contribution in [0.2, 0.25) is 0 Å². The Balaban J connectivity index is 1.88. The highest BCUT2D eigenvalue weighted by Crippen LogP contribution is 2.20. The van der Waals surface area contributed by atoms with Crippen molar-refractivity contribution in [2.24, 2.45) is 5.73 Å². The van der Waals surface area contributed by atoms with Crippen molar-refractivity contribution >= 4 is 33.5 Å². The van der Waals surface area contributed by atoms with Gasteiger partial charge in [-0.3, -0.25) is 0 Å². The molecule has 0 spiro atoms. The second-order valence-electron chi connectivity index (χ2n) is 5.64. The van der Waals surface area contributed by atoms with Gasteiger partial charge in [0, 0.05) is 27.9 Å². The third-order valence-corrected chi connectivity index (χ3v) is 4.38. The van der Waals surface area contributed by atoms with E-state index in [1.54, 1.807) is 0 Å². The molecule has 1 heterocycles. The van der Waals surface area contributed by atoms with E-state index < -0.39 is 0 Å². The SMILES string of the molecule is CC(N)Cc1ccc2c(ccn2Cc2ccc(I)cc2)c1. The summed E-state index contributed by atoms with van der Waals surface area (Å²) in [5.41, 5.74) is 9.80. The normalized spacial score (nSPS) is 12.7. The Morgan fingerprint density at radius 3 is 2.48 bits per heavy atom. The van der Waals surface area contributed by atoms with Crippen molar-refractivity contribution in [2.45, 2.75) is 25.9 Å². The van der Waals surface area contributed by atoms with Crippen LogP contribution in [0.15, 0.2) is 54.7 Å². The summed E-state index contributed by atoms with van der Waals surface area (Å²) >= 11 is 2.34. The molecule has 1 atom stereocenters. The summed E-state index contributed by atoms with van der Waals surface area (Å²) in [6.07, 6.45) is 3.09. The summed E-state index contributed by atoms with van der Waals surface area (Å²) in [6, 6.07) is 17.7. The maximum Gasteiger partial charge on any atom is 0.0483 e. The third kappa shape index (κ3) is 3.47. The average molecular weight is 390 g/mol. The summed E-state index contributed by atoms with van der Waals surface area (Å²) in [5, 5.41) is 1.29. The second kappa shape index (κ2) is 6.20. The van der Waals surface area contributed by atoms with Crippen molar-refractivity contribution in [2.75, 3.05) is 0 Å². The maximum absolute atomic E-state index is 5.88. The molecule has 3 heteroatoms. The zero-order valence-corrected chi connectivity index (χ0v) is 14.2. The van der Waals surface area contributed by atoms with E-state index >= 15 is 0 Å². The number of hydrogen-bond acceptors (Lipinski definition) is 1. The Morgan fingerprint density at radius 1 is 1.05 bits per heavy atom. The van der Waals surface area contributed by atoms with Gasteiger partial charge in [0.15, 0.2) is 0 Å². The van der Waals surface area contributed by atoms with E-state index in [0.717, 1.165) is 13.0 Å². The van der Waals surface area contributed by atoms with Crippen LogP contribution in [0.5, 0.6) is 0 Å². The first kappa shape index (κ1) is 14.6. The smallest absolute Gasteiger partial charge is 0.0483 e. The van der Waals surface area contributed by atoms with Crippen LogP contribution < -0.4 is 5.73 Å². The monoisotopic (exact) mass is 390 g/mol. The van der Waals surface area contributed by atoms with Gasteiger partial charge in [-0.1, -0.05) is 18.2 Å². The van der Waals surface area contributed by atoms with Gasteiger partial charge >= 0.3 is 0 Å². The zero-order chi connectivity index (χ0) is 14.8. The number of halogens is 1. The third-order valence-electron chi connectivity index (χ3n) is 3.66. The van der Waals surface area contributed by atoms with E-state index in [9.17, 15) is 0 Å². The summed E-state index contributed by atoms with van der Waals surface area (Å²) < 4.78 is 3.57. The van der Waals surface area contributed by atoms with E-state index in [0.29, 0.717) is 0 Å². The number of rotatable bonds is 4. The minimum atomic E-state index is 0.205. The minimum absolute atomic E-state index is 0.205. The van der Waals surface area contributed by atoms with Crippen LogP contribution in [0.1, 0.15) is 18.1 Å². The van der Waals surface area contributed by atoms with E-state index in [1.165, 1.54) is 25.6 Å². The Hall–Kier alpha value is -1.33. The molecule has 108 valence electrons. The van der Waals surface area contributed by atoms with Crippen LogP contribution in [0, 0.1) is 3.57 Å². The molecule has 1 unspecified atom stereocenters. The largest absolute Gasteiger partial charge is 0.343 e. The molecule has 3 aromatic rings. The second-order valence-corrected chi connectivity index (χ2v) is 6.89. The van der Waals surface area contributed by atoms with Crippen molar-refractivity contribution < 1.29 is 0 Å². The highest BCUT2D eigenvalue weighted by Gasteiger charge is 2.04. The molecule has 0 radical (unpaired) electrons. The van der Waals surface area contributed by atoms with Gasteiger partial charge in [0.05, 0.1) is 0 Å². The van der Waals surface area contributed by atoms with E-state index in [2.05, 4.69) is 81.9 Å². The Labute approximate surface area is 139 Å². The lowest BCUT2D eigenvalue weighted by Crippen LogP contribution is -2.17. The van der Waals surface area contributed by atoms with Gasteiger partial charge in [0.25, 0.3) is 0 Å². The van der Waals surface area contributed by atoms with Crippen molar-refractivity contribution in [1.82, 2.24) is 4.57 Å². The minimum Gasteiger partial charge on any atom is -0.343 e. The fourth-order valence-corrected chi connectivity index (χ4v) is 3.03. The predicted octanol–water partition coefficient (Wildman–Crippen LogP) is 4.18. The Bertz CT molecular complexity index is 742. The van der Waals surface area contributed by atoms with Gasteiger partial charge in [-0.15, -0.1) is 0 Å². The summed E-state index contributed by atoms with van der Waals surface area (Å²) in [6.45, 7) is 2.96. The molecule has 1 aromatic heterocycles. The van der Waals surface area contributed by atoms with Gasteiger partial charge in [-0.05, 0) is 82.8 Å². The summed E-state index contributed by atoms with van der Waals surface area (Å²) in [5.74, 6) is 0. The highest BCUT2D eigenvalue weighted by molar-refractivity contribution is 14.1. The molecule has 2 N–H and O–H groups in total. The fourth-order valence-electron chi connectivity index (χ4n) is 2.67. The van der Waals surface area contributed by atoms with E-state index in [4.69, 9.17) is 5.73 Å². The number of nitrogens with two attached hydrogens (primary N) is 1. The summed E-state index contributed by atoms with van der Waals surface area (Å²) in [7, 11) is 0. The zero-order valence-electron chi connectivity index (χ0n) is 12.1. The predicted molar refractivity (Wildman–Crippen MR) is 97.6 cm³/mol. The van der Waals surface area contributed by atoms with Crippen LogP contribution in [-0.2, 0) is 13.0 Å². The van der Waals surface area contributed by atoms with Crippen molar-refractivity contribution in [3.05, 3.63) is 69.4 Å². The number of aromatic nitrogens is 1. The van der Waals surface area contributed by atoms with Crippen molar-refractivity contribution in [3.63, 3.8) is 0 Å². The number of fused-ring (bicyclic) bond motifs is 1. The lowest BCUT2D eigenvalue weighted by atomic mass is 10.1. The molecule has 0 saturated carbocycles. The molecule has 0 saturated heterocycles. The topological polar surface area (TPSA) is 30.9 Å².